The third-order valence-corrected chi connectivity index (χ3v) is 3.76. The van der Waals surface area contributed by atoms with E-state index in [1.807, 2.05) is 59.2 Å². The zero-order chi connectivity index (χ0) is 15.7. The molecule has 0 saturated heterocycles. The molecule has 0 N–H and O–H groups in total. The fourth-order valence-corrected chi connectivity index (χ4v) is 2.77. The molecule has 3 rings (SSSR count). The summed E-state index contributed by atoms with van der Waals surface area (Å²) in [5, 5.41) is 0. The molecule has 3 heteroatoms. The van der Waals surface area contributed by atoms with E-state index < -0.39 is 0 Å². The Bertz CT molecular complexity index is 869. The van der Waals surface area contributed by atoms with Gasteiger partial charge in [0.25, 0.3) is 0 Å². The number of nitrogens with zero attached hydrogens (tertiary/aromatic N) is 2. The Morgan fingerprint density at radius 2 is 1.59 bits per heavy atom. The Labute approximate surface area is 130 Å². The first kappa shape index (κ1) is 14.4. The normalized spacial score (nSPS) is 11.2. The molecular formula is C19H20N2O. The molecule has 1 heterocycles. The van der Waals surface area contributed by atoms with Gasteiger partial charge in [0.15, 0.2) is 0 Å². The maximum absolute atomic E-state index is 12.9. The van der Waals surface area contributed by atoms with Crippen molar-refractivity contribution in [3.63, 3.8) is 0 Å². The first-order valence-corrected chi connectivity index (χ1v) is 7.54. The second-order valence-electron chi connectivity index (χ2n) is 5.92. The highest BCUT2D eigenvalue weighted by atomic mass is 16.1. The van der Waals surface area contributed by atoms with E-state index in [1.165, 1.54) is 0 Å². The van der Waals surface area contributed by atoms with Crippen LogP contribution in [0.1, 0.15) is 19.4 Å². The maximum atomic E-state index is 12.9. The molecule has 3 aromatic rings. The zero-order valence-electron chi connectivity index (χ0n) is 13.0. The molecule has 0 aliphatic carbocycles. The Morgan fingerprint density at radius 1 is 1.00 bits per heavy atom. The molecule has 0 bridgehead atoms. The smallest absolute Gasteiger partial charge is 0.291 e. The molecule has 0 spiro atoms. The third kappa shape index (κ3) is 2.39. The molecular weight excluding hydrogens is 272 g/mol. The first-order chi connectivity index (χ1) is 10.6. The summed E-state index contributed by atoms with van der Waals surface area (Å²) >= 11 is 0. The van der Waals surface area contributed by atoms with Crippen LogP contribution >= 0.6 is 0 Å². The minimum atomic E-state index is -0.0243. The van der Waals surface area contributed by atoms with Crippen molar-refractivity contribution in [3.05, 3.63) is 77.2 Å². The van der Waals surface area contributed by atoms with Crippen LogP contribution in [0.15, 0.2) is 66.0 Å². The third-order valence-electron chi connectivity index (χ3n) is 3.76. The number of rotatable bonds is 4. The van der Waals surface area contributed by atoms with Gasteiger partial charge >= 0.3 is 5.69 Å². The van der Waals surface area contributed by atoms with Gasteiger partial charge in [-0.2, -0.15) is 0 Å². The standard InChI is InChI=1S/C19H20N2O/c1-14(2)13-20-17-11-7-8-12-18(17)21(19(20)22)15(3)16-9-5-4-6-10-16/h4-12,14H,3,13H2,1-2H3. The lowest BCUT2D eigenvalue weighted by atomic mass is 10.1. The number of aromatic nitrogens is 2. The van der Waals surface area contributed by atoms with Crippen molar-refractivity contribution >= 4 is 16.7 Å². The van der Waals surface area contributed by atoms with Crippen LogP contribution in [0.25, 0.3) is 16.7 Å². The molecule has 112 valence electrons. The van der Waals surface area contributed by atoms with Crippen molar-refractivity contribution in [3.8, 4) is 0 Å². The minimum Gasteiger partial charge on any atom is -0.291 e. The van der Waals surface area contributed by atoms with E-state index in [2.05, 4.69) is 20.4 Å². The van der Waals surface area contributed by atoms with Crippen molar-refractivity contribution in [1.82, 2.24) is 9.13 Å². The fraction of sp³-hybridized carbons (Fsp3) is 0.211. The largest absolute Gasteiger partial charge is 0.333 e. The molecule has 3 nitrogen and oxygen atoms in total. The van der Waals surface area contributed by atoms with Crippen molar-refractivity contribution < 1.29 is 0 Å². The van der Waals surface area contributed by atoms with Gasteiger partial charge in [0, 0.05) is 6.54 Å². The average molecular weight is 292 g/mol. The first-order valence-electron chi connectivity index (χ1n) is 7.54. The predicted molar refractivity (Wildman–Crippen MR) is 91.9 cm³/mol. The van der Waals surface area contributed by atoms with Crippen LogP contribution in [-0.2, 0) is 6.54 Å². The molecule has 0 fully saturated rings. The monoisotopic (exact) mass is 292 g/mol. The van der Waals surface area contributed by atoms with Gasteiger partial charge in [0.1, 0.15) is 0 Å². The Morgan fingerprint density at radius 3 is 2.23 bits per heavy atom. The number of hydrogen-bond acceptors (Lipinski definition) is 1. The summed E-state index contributed by atoms with van der Waals surface area (Å²) in [5.74, 6) is 0.405. The van der Waals surface area contributed by atoms with Crippen LogP contribution in [0.4, 0.5) is 0 Å². The molecule has 2 aromatic carbocycles. The molecule has 0 aliphatic heterocycles. The Balaban J connectivity index is 2.24. The van der Waals surface area contributed by atoms with Gasteiger partial charge in [0.05, 0.1) is 16.7 Å². The summed E-state index contributed by atoms with van der Waals surface area (Å²) < 4.78 is 3.56. The van der Waals surface area contributed by atoms with E-state index in [9.17, 15) is 4.79 Å². The molecule has 22 heavy (non-hydrogen) atoms. The van der Waals surface area contributed by atoms with Crippen LogP contribution in [0, 0.1) is 5.92 Å². The van der Waals surface area contributed by atoms with Crippen molar-refractivity contribution in [2.45, 2.75) is 20.4 Å². The van der Waals surface area contributed by atoms with E-state index in [4.69, 9.17) is 0 Å². The van der Waals surface area contributed by atoms with Crippen LogP contribution in [0.5, 0.6) is 0 Å². The van der Waals surface area contributed by atoms with Crippen LogP contribution in [0.3, 0.4) is 0 Å². The molecule has 0 radical (unpaired) electrons. The summed E-state index contributed by atoms with van der Waals surface area (Å²) in [6.45, 7) is 9.08. The highest BCUT2D eigenvalue weighted by Crippen LogP contribution is 2.21. The molecule has 0 aliphatic rings. The number of fused-ring (bicyclic) bond motifs is 1. The van der Waals surface area contributed by atoms with E-state index in [1.54, 1.807) is 4.57 Å². The highest BCUT2D eigenvalue weighted by Gasteiger charge is 2.16. The molecule has 0 unspecified atom stereocenters. The van der Waals surface area contributed by atoms with Crippen LogP contribution < -0.4 is 5.69 Å². The maximum Gasteiger partial charge on any atom is 0.333 e. The lowest BCUT2D eigenvalue weighted by Crippen LogP contribution is -2.25. The van der Waals surface area contributed by atoms with Gasteiger partial charge in [-0.3, -0.25) is 9.13 Å². The SMILES string of the molecule is C=C(c1ccccc1)n1c(=O)n(CC(C)C)c2ccccc21. The summed E-state index contributed by atoms with van der Waals surface area (Å²) in [6.07, 6.45) is 0. The number of benzene rings is 2. The van der Waals surface area contributed by atoms with Crippen molar-refractivity contribution in [1.29, 1.82) is 0 Å². The number of imidazole rings is 1. The van der Waals surface area contributed by atoms with Crippen LogP contribution in [-0.4, -0.2) is 9.13 Å². The lowest BCUT2D eigenvalue weighted by molar-refractivity contribution is 0.519. The number of hydrogen-bond donors (Lipinski definition) is 0. The minimum absolute atomic E-state index is 0.0243. The fourth-order valence-electron chi connectivity index (χ4n) is 2.77. The predicted octanol–water partition coefficient (Wildman–Crippen LogP) is 3.98. The number of para-hydroxylation sites is 2. The van der Waals surface area contributed by atoms with E-state index in [0.717, 1.165) is 16.6 Å². The molecule has 0 amide bonds. The second kappa shape index (κ2) is 5.68. The van der Waals surface area contributed by atoms with Gasteiger partial charge in [-0.25, -0.2) is 4.79 Å². The van der Waals surface area contributed by atoms with Gasteiger partial charge in [-0.05, 0) is 23.6 Å². The van der Waals surface area contributed by atoms with E-state index >= 15 is 0 Å². The average Bonchev–Trinajstić information content (AvgIpc) is 2.80. The Kier molecular flexibility index (Phi) is 3.72. The molecule has 1 aromatic heterocycles. The van der Waals surface area contributed by atoms with E-state index in [0.29, 0.717) is 18.2 Å². The quantitative estimate of drug-likeness (QED) is 0.714. The van der Waals surface area contributed by atoms with Gasteiger partial charge in [-0.15, -0.1) is 0 Å². The summed E-state index contributed by atoms with van der Waals surface area (Å²) in [7, 11) is 0. The second-order valence-corrected chi connectivity index (χ2v) is 5.92. The summed E-state index contributed by atoms with van der Waals surface area (Å²) in [6, 6.07) is 17.7. The van der Waals surface area contributed by atoms with E-state index in [-0.39, 0.29) is 5.69 Å². The topological polar surface area (TPSA) is 26.9 Å². The zero-order valence-corrected chi connectivity index (χ0v) is 13.0. The van der Waals surface area contributed by atoms with Crippen molar-refractivity contribution in [2.75, 3.05) is 0 Å². The van der Waals surface area contributed by atoms with Crippen LogP contribution in [0.2, 0.25) is 0 Å². The van der Waals surface area contributed by atoms with Gasteiger partial charge in [0.2, 0.25) is 0 Å². The highest BCUT2D eigenvalue weighted by molar-refractivity contribution is 5.82. The van der Waals surface area contributed by atoms with Gasteiger partial charge in [-0.1, -0.05) is 62.9 Å². The van der Waals surface area contributed by atoms with Crippen molar-refractivity contribution in [2.24, 2.45) is 5.92 Å². The lowest BCUT2D eigenvalue weighted by Gasteiger charge is -2.07. The Hall–Kier alpha value is -2.55. The summed E-state index contributed by atoms with van der Waals surface area (Å²) in [4.78, 5) is 12.9. The molecule has 0 saturated carbocycles. The van der Waals surface area contributed by atoms with Gasteiger partial charge < -0.3 is 0 Å². The molecule has 0 atom stereocenters. The summed E-state index contributed by atoms with van der Waals surface area (Å²) in [5.41, 5.74) is 3.50.